The summed E-state index contributed by atoms with van der Waals surface area (Å²) in [5.41, 5.74) is 0. The van der Waals surface area contributed by atoms with Crippen LogP contribution in [0, 0.1) is 5.92 Å². The molecule has 1 saturated carbocycles. The van der Waals surface area contributed by atoms with Gasteiger partial charge in [0.15, 0.2) is 0 Å². The van der Waals surface area contributed by atoms with E-state index in [4.69, 9.17) is 0 Å². The Balaban J connectivity index is 1.56. The van der Waals surface area contributed by atoms with E-state index in [2.05, 4.69) is 32.8 Å². The largest absolute Gasteiger partial charge is 0.355 e. The molecule has 1 saturated heterocycles. The Morgan fingerprint density at radius 3 is 2.78 bits per heavy atom. The van der Waals surface area contributed by atoms with Crippen LogP contribution in [0.15, 0.2) is 12.4 Å². The molecule has 2 fully saturated rings. The van der Waals surface area contributed by atoms with Crippen LogP contribution in [0.25, 0.3) is 0 Å². The fourth-order valence-corrected chi connectivity index (χ4v) is 4.32. The number of aromatic nitrogens is 2. The van der Waals surface area contributed by atoms with Gasteiger partial charge in [0.1, 0.15) is 0 Å². The maximum atomic E-state index is 4.49. The van der Waals surface area contributed by atoms with E-state index in [0.717, 1.165) is 18.4 Å². The van der Waals surface area contributed by atoms with Gasteiger partial charge in [-0.15, -0.1) is 0 Å². The Morgan fingerprint density at radius 1 is 1.22 bits per heavy atom. The van der Waals surface area contributed by atoms with Crippen molar-refractivity contribution in [3.8, 4) is 0 Å². The third-order valence-electron chi connectivity index (χ3n) is 4.28. The maximum absolute atomic E-state index is 4.49. The molecule has 1 aliphatic carbocycles. The van der Waals surface area contributed by atoms with Gasteiger partial charge in [-0.2, -0.15) is 11.8 Å². The quantitative estimate of drug-likeness (QED) is 0.903. The van der Waals surface area contributed by atoms with Gasteiger partial charge in [0.2, 0.25) is 5.95 Å². The van der Waals surface area contributed by atoms with Crippen LogP contribution in [0.3, 0.4) is 0 Å². The summed E-state index contributed by atoms with van der Waals surface area (Å²) in [5, 5.41) is 3.58. The highest BCUT2D eigenvalue weighted by Crippen LogP contribution is 2.31. The van der Waals surface area contributed by atoms with Gasteiger partial charge in [-0.1, -0.05) is 12.8 Å². The first-order valence-electron chi connectivity index (χ1n) is 7.28. The zero-order chi connectivity index (χ0) is 12.2. The van der Waals surface area contributed by atoms with Crippen LogP contribution in [0.5, 0.6) is 0 Å². The minimum absolute atomic E-state index is 0.692. The molecule has 1 aromatic rings. The number of hydrogen-bond donors (Lipinski definition) is 1. The molecule has 4 heteroatoms. The molecule has 0 atom stereocenters. The number of hydrogen-bond acceptors (Lipinski definition) is 3. The Morgan fingerprint density at radius 2 is 2.00 bits per heavy atom. The third kappa shape index (κ3) is 2.85. The summed E-state index contributed by atoms with van der Waals surface area (Å²) in [6.07, 6.45) is 12.2. The summed E-state index contributed by atoms with van der Waals surface area (Å²) in [5.74, 6) is 4.62. The van der Waals surface area contributed by atoms with Crippen LogP contribution in [0.2, 0.25) is 0 Å². The lowest BCUT2D eigenvalue weighted by Crippen LogP contribution is -2.21. The van der Waals surface area contributed by atoms with E-state index in [1.54, 1.807) is 0 Å². The highest BCUT2D eigenvalue weighted by atomic mass is 32.2. The van der Waals surface area contributed by atoms with Crippen molar-refractivity contribution in [1.29, 1.82) is 0 Å². The van der Waals surface area contributed by atoms with Crippen molar-refractivity contribution < 1.29 is 0 Å². The number of rotatable bonds is 4. The fraction of sp³-hybridized carbons (Fsp3) is 0.786. The number of nitrogens with zero attached hydrogens (tertiary/aromatic N) is 2. The molecular weight excluding hydrogens is 242 g/mol. The van der Waals surface area contributed by atoms with E-state index in [1.165, 1.54) is 50.0 Å². The molecule has 1 aromatic heterocycles. The molecule has 0 bridgehead atoms. The monoisotopic (exact) mass is 265 g/mol. The van der Waals surface area contributed by atoms with Crippen LogP contribution in [0.1, 0.15) is 44.6 Å². The zero-order valence-electron chi connectivity index (χ0n) is 11.0. The first kappa shape index (κ1) is 12.4. The summed E-state index contributed by atoms with van der Waals surface area (Å²) in [6.45, 7) is 1.10. The third-order valence-corrected chi connectivity index (χ3v) is 5.33. The fourth-order valence-electron chi connectivity index (χ4n) is 3.11. The standard InChI is InChI=1S/C14H23N3S/c1-2-4-13(3-1)17-8-7-15-14(17)16-11-12-5-9-18-10-6-12/h7-8,12-13H,1-6,9-11H2,(H,15,16). The van der Waals surface area contributed by atoms with Gasteiger partial charge >= 0.3 is 0 Å². The molecule has 0 spiro atoms. The maximum Gasteiger partial charge on any atom is 0.203 e. The van der Waals surface area contributed by atoms with Gasteiger partial charge in [-0.25, -0.2) is 4.98 Å². The molecule has 18 heavy (non-hydrogen) atoms. The molecule has 3 rings (SSSR count). The van der Waals surface area contributed by atoms with Crippen molar-refractivity contribution in [2.75, 3.05) is 23.4 Å². The molecule has 2 heterocycles. The molecule has 100 valence electrons. The molecule has 0 radical (unpaired) electrons. The number of nitrogens with one attached hydrogen (secondary N) is 1. The second kappa shape index (κ2) is 6.00. The van der Waals surface area contributed by atoms with Crippen molar-refractivity contribution in [1.82, 2.24) is 9.55 Å². The van der Waals surface area contributed by atoms with Gasteiger partial charge in [0.25, 0.3) is 0 Å². The highest BCUT2D eigenvalue weighted by molar-refractivity contribution is 7.99. The van der Waals surface area contributed by atoms with Crippen molar-refractivity contribution >= 4 is 17.7 Å². The van der Waals surface area contributed by atoms with Crippen molar-refractivity contribution in [2.24, 2.45) is 5.92 Å². The molecule has 3 nitrogen and oxygen atoms in total. The Bertz CT molecular complexity index is 365. The molecule has 0 aromatic carbocycles. The first-order valence-corrected chi connectivity index (χ1v) is 8.43. The topological polar surface area (TPSA) is 29.9 Å². The van der Waals surface area contributed by atoms with Gasteiger partial charge < -0.3 is 9.88 Å². The predicted molar refractivity (Wildman–Crippen MR) is 78.3 cm³/mol. The molecular formula is C14H23N3S. The minimum atomic E-state index is 0.692. The second-order valence-corrected chi connectivity index (χ2v) is 6.76. The van der Waals surface area contributed by atoms with E-state index < -0.39 is 0 Å². The summed E-state index contributed by atoms with van der Waals surface area (Å²) in [6, 6.07) is 0.692. The smallest absolute Gasteiger partial charge is 0.203 e. The first-order chi connectivity index (χ1) is 8.93. The highest BCUT2D eigenvalue weighted by Gasteiger charge is 2.20. The predicted octanol–water partition coefficient (Wildman–Crippen LogP) is 3.55. The number of thioether (sulfide) groups is 1. The van der Waals surface area contributed by atoms with Crippen molar-refractivity contribution in [3.63, 3.8) is 0 Å². The van der Waals surface area contributed by atoms with Crippen LogP contribution in [-0.2, 0) is 0 Å². The summed E-state index contributed by atoms with van der Waals surface area (Å²) in [4.78, 5) is 4.49. The zero-order valence-corrected chi connectivity index (χ0v) is 11.8. The number of anilines is 1. The van der Waals surface area contributed by atoms with E-state index in [0.29, 0.717) is 6.04 Å². The average molecular weight is 265 g/mol. The van der Waals surface area contributed by atoms with Crippen molar-refractivity contribution in [3.05, 3.63) is 12.4 Å². The van der Waals surface area contributed by atoms with E-state index in [9.17, 15) is 0 Å². The van der Waals surface area contributed by atoms with Gasteiger partial charge in [-0.3, -0.25) is 0 Å². The summed E-state index contributed by atoms with van der Waals surface area (Å²) < 4.78 is 2.37. The van der Waals surface area contributed by atoms with Gasteiger partial charge in [-0.05, 0) is 43.1 Å². The SMILES string of the molecule is c1cn(C2CCCC2)c(NCC2CCSCC2)n1. The molecule has 0 unspecified atom stereocenters. The van der Waals surface area contributed by atoms with Gasteiger partial charge in [0, 0.05) is 25.0 Å². The minimum Gasteiger partial charge on any atom is -0.355 e. The Labute approximate surface area is 114 Å². The average Bonchev–Trinajstić information content (AvgIpc) is 3.08. The van der Waals surface area contributed by atoms with Crippen LogP contribution in [-0.4, -0.2) is 27.6 Å². The Kier molecular flexibility index (Phi) is 4.13. The second-order valence-electron chi connectivity index (χ2n) is 5.53. The molecule has 1 aliphatic heterocycles. The summed E-state index contributed by atoms with van der Waals surface area (Å²) >= 11 is 2.10. The number of imidazole rings is 1. The van der Waals surface area contributed by atoms with Crippen LogP contribution >= 0.6 is 11.8 Å². The lowest BCUT2D eigenvalue weighted by atomic mass is 10.0. The van der Waals surface area contributed by atoms with Crippen LogP contribution < -0.4 is 5.32 Å². The Hall–Kier alpha value is -0.640. The van der Waals surface area contributed by atoms with E-state index in [-0.39, 0.29) is 0 Å². The van der Waals surface area contributed by atoms with Crippen LogP contribution in [0.4, 0.5) is 5.95 Å². The lowest BCUT2D eigenvalue weighted by molar-refractivity contribution is 0.499. The van der Waals surface area contributed by atoms with Gasteiger partial charge in [0.05, 0.1) is 0 Å². The molecule has 2 aliphatic rings. The molecule has 0 amide bonds. The van der Waals surface area contributed by atoms with E-state index >= 15 is 0 Å². The lowest BCUT2D eigenvalue weighted by Gasteiger charge is -2.23. The van der Waals surface area contributed by atoms with Crippen molar-refractivity contribution in [2.45, 2.75) is 44.6 Å². The summed E-state index contributed by atoms with van der Waals surface area (Å²) in [7, 11) is 0. The van der Waals surface area contributed by atoms with E-state index in [1.807, 2.05) is 6.20 Å². The normalized spacial score (nSPS) is 22.4. The molecule has 1 N–H and O–H groups in total.